The third kappa shape index (κ3) is 3.35. The highest BCUT2D eigenvalue weighted by Gasteiger charge is 2.10. The lowest BCUT2D eigenvalue weighted by atomic mass is 10.1. The van der Waals surface area contributed by atoms with Gasteiger partial charge in [-0.3, -0.25) is 0 Å². The summed E-state index contributed by atoms with van der Waals surface area (Å²) in [5, 5.41) is 10.7. The number of aliphatic hydroxyl groups is 1. The Bertz CT molecular complexity index is 797. The van der Waals surface area contributed by atoms with Gasteiger partial charge in [0.1, 0.15) is 11.6 Å². The van der Waals surface area contributed by atoms with E-state index >= 15 is 0 Å². The first kappa shape index (κ1) is 15.5. The van der Waals surface area contributed by atoms with Crippen LogP contribution in [0.15, 0.2) is 42.7 Å². The first-order valence-electron chi connectivity index (χ1n) is 7.87. The van der Waals surface area contributed by atoms with E-state index in [1.54, 1.807) is 0 Å². The highest BCUT2D eigenvalue weighted by atomic mass is 16.3. The Morgan fingerprint density at radius 1 is 1.26 bits per heavy atom. The van der Waals surface area contributed by atoms with E-state index in [9.17, 15) is 5.11 Å². The number of para-hydroxylation sites is 1. The van der Waals surface area contributed by atoms with Crippen LogP contribution in [-0.2, 0) is 13.2 Å². The molecule has 0 unspecified atom stereocenters. The summed E-state index contributed by atoms with van der Waals surface area (Å²) < 4.78 is 2.15. The van der Waals surface area contributed by atoms with Crippen LogP contribution < -0.4 is 4.90 Å². The van der Waals surface area contributed by atoms with Crippen molar-refractivity contribution in [2.45, 2.75) is 26.5 Å². The number of aryl methyl sites for hydroxylation is 2. The molecular weight excluding hydrogens is 288 g/mol. The minimum absolute atomic E-state index is 0.00185. The van der Waals surface area contributed by atoms with Crippen molar-refractivity contribution in [1.82, 2.24) is 14.5 Å². The van der Waals surface area contributed by atoms with E-state index in [1.165, 1.54) is 0 Å². The molecule has 0 aliphatic rings. The molecule has 0 amide bonds. The van der Waals surface area contributed by atoms with E-state index in [4.69, 9.17) is 4.98 Å². The predicted molar refractivity (Wildman–Crippen MR) is 92.5 cm³/mol. The molecular formula is C18H22N4O. The van der Waals surface area contributed by atoms with Gasteiger partial charge in [-0.05, 0) is 25.5 Å². The Kier molecular flexibility index (Phi) is 4.57. The second kappa shape index (κ2) is 6.79. The molecule has 0 bridgehead atoms. The van der Waals surface area contributed by atoms with E-state index in [-0.39, 0.29) is 6.61 Å². The standard InChI is InChI=1S/C18H22N4O/c1-14-19-8-11-22(14)10-5-9-21(2)18-16(13-23)12-15-6-3-4-7-17(15)20-18/h3-4,6-8,11-12,23H,5,9-10,13H2,1-2H3. The van der Waals surface area contributed by atoms with Gasteiger partial charge in [0.25, 0.3) is 0 Å². The van der Waals surface area contributed by atoms with Crippen LogP contribution in [0.1, 0.15) is 17.8 Å². The maximum Gasteiger partial charge on any atom is 0.134 e. The molecule has 3 aromatic rings. The lowest BCUT2D eigenvalue weighted by molar-refractivity contribution is 0.282. The minimum Gasteiger partial charge on any atom is -0.392 e. The number of hydrogen-bond acceptors (Lipinski definition) is 4. The van der Waals surface area contributed by atoms with Crippen molar-refractivity contribution >= 4 is 16.7 Å². The smallest absolute Gasteiger partial charge is 0.134 e. The van der Waals surface area contributed by atoms with Gasteiger partial charge in [-0.25, -0.2) is 9.97 Å². The van der Waals surface area contributed by atoms with E-state index in [0.717, 1.165) is 47.6 Å². The van der Waals surface area contributed by atoms with Crippen LogP contribution in [0.3, 0.4) is 0 Å². The fraction of sp³-hybridized carbons (Fsp3) is 0.333. The largest absolute Gasteiger partial charge is 0.392 e. The summed E-state index contributed by atoms with van der Waals surface area (Å²) in [4.78, 5) is 11.1. The van der Waals surface area contributed by atoms with Gasteiger partial charge < -0.3 is 14.6 Å². The fourth-order valence-corrected chi connectivity index (χ4v) is 2.82. The van der Waals surface area contributed by atoms with Gasteiger partial charge in [0.15, 0.2) is 0 Å². The Hall–Kier alpha value is -2.40. The molecule has 5 heteroatoms. The van der Waals surface area contributed by atoms with Crippen molar-refractivity contribution in [1.29, 1.82) is 0 Å². The molecule has 23 heavy (non-hydrogen) atoms. The molecule has 5 nitrogen and oxygen atoms in total. The number of aromatic nitrogens is 3. The van der Waals surface area contributed by atoms with Crippen molar-refractivity contribution in [3.63, 3.8) is 0 Å². The highest BCUT2D eigenvalue weighted by molar-refractivity contribution is 5.81. The maximum absolute atomic E-state index is 9.66. The first-order valence-corrected chi connectivity index (χ1v) is 7.87. The number of imidazole rings is 1. The molecule has 2 heterocycles. The average molecular weight is 310 g/mol. The number of aliphatic hydroxyl groups excluding tert-OH is 1. The third-order valence-electron chi connectivity index (χ3n) is 4.13. The molecule has 0 spiro atoms. The number of fused-ring (bicyclic) bond motifs is 1. The van der Waals surface area contributed by atoms with Gasteiger partial charge >= 0.3 is 0 Å². The number of nitrogens with zero attached hydrogens (tertiary/aromatic N) is 4. The molecule has 1 aromatic carbocycles. The van der Waals surface area contributed by atoms with Gasteiger partial charge in [0.05, 0.1) is 12.1 Å². The minimum atomic E-state index is -0.00185. The Labute approximate surface area is 136 Å². The molecule has 0 saturated heterocycles. The summed E-state index contributed by atoms with van der Waals surface area (Å²) >= 11 is 0. The van der Waals surface area contributed by atoms with Crippen LogP contribution in [0, 0.1) is 6.92 Å². The molecule has 0 fully saturated rings. The quantitative estimate of drug-likeness (QED) is 0.760. The van der Waals surface area contributed by atoms with Gasteiger partial charge in [-0.1, -0.05) is 18.2 Å². The van der Waals surface area contributed by atoms with Gasteiger partial charge in [0, 0.05) is 43.5 Å². The zero-order valence-electron chi connectivity index (χ0n) is 13.6. The van der Waals surface area contributed by atoms with Gasteiger partial charge in [-0.2, -0.15) is 0 Å². The second-order valence-corrected chi connectivity index (χ2v) is 5.76. The molecule has 3 rings (SSSR count). The normalized spacial score (nSPS) is 11.1. The number of benzene rings is 1. The number of anilines is 1. The molecule has 1 N–H and O–H groups in total. The summed E-state index contributed by atoms with van der Waals surface area (Å²) in [7, 11) is 2.02. The zero-order chi connectivity index (χ0) is 16.2. The molecule has 120 valence electrons. The first-order chi connectivity index (χ1) is 11.2. The van der Waals surface area contributed by atoms with Crippen molar-refractivity contribution in [3.05, 3.63) is 54.1 Å². The summed E-state index contributed by atoms with van der Waals surface area (Å²) in [5.74, 6) is 1.89. The predicted octanol–water partition coefficient (Wildman–Crippen LogP) is 2.76. The third-order valence-corrected chi connectivity index (χ3v) is 4.13. The van der Waals surface area contributed by atoms with Crippen LogP contribution in [0.2, 0.25) is 0 Å². The SMILES string of the molecule is Cc1nccn1CCCN(C)c1nc2ccccc2cc1CO. The molecule has 0 atom stereocenters. The van der Waals surface area contributed by atoms with Crippen LogP contribution in [0.25, 0.3) is 10.9 Å². The zero-order valence-corrected chi connectivity index (χ0v) is 13.6. The summed E-state index contributed by atoms with van der Waals surface area (Å²) in [6.07, 6.45) is 4.82. The molecule has 2 aromatic heterocycles. The number of hydrogen-bond donors (Lipinski definition) is 1. The number of rotatable bonds is 6. The van der Waals surface area contributed by atoms with Crippen LogP contribution >= 0.6 is 0 Å². The second-order valence-electron chi connectivity index (χ2n) is 5.76. The van der Waals surface area contributed by atoms with Crippen molar-refractivity contribution in [2.75, 3.05) is 18.5 Å². The number of pyridine rings is 1. The van der Waals surface area contributed by atoms with Crippen LogP contribution in [0.5, 0.6) is 0 Å². The lowest BCUT2D eigenvalue weighted by Gasteiger charge is -2.21. The monoisotopic (exact) mass is 310 g/mol. The molecule has 0 radical (unpaired) electrons. The Morgan fingerprint density at radius 3 is 2.83 bits per heavy atom. The molecule has 0 aliphatic carbocycles. The Balaban J connectivity index is 1.74. The summed E-state index contributed by atoms with van der Waals surface area (Å²) in [5.41, 5.74) is 1.82. The van der Waals surface area contributed by atoms with Crippen molar-refractivity contribution < 1.29 is 5.11 Å². The van der Waals surface area contributed by atoms with E-state index in [0.29, 0.717) is 0 Å². The topological polar surface area (TPSA) is 54.2 Å². The summed E-state index contributed by atoms with van der Waals surface area (Å²) in [6, 6.07) is 10.0. The molecule has 0 aliphatic heterocycles. The molecule has 0 saturated carbocycles. The highest BCUT2D eigenvalue weighted by Crippen LogP contribution is 2.23. The Morgan fingerprint density at radius 2 is 2.09 bits per heavy atom. The van der Waals surface area contributed by atoms with Crippen molar-refractivity contribution in [3.8, 4) is 0 Å². The van der Waals surface area contributed by atoms with Gasteiger partial charge in [0.2, 0.25) is 0 Å². The average Bonchev–Trinajstić information content (AvgIpc) is 2.98. The van der Waals surface area contributed by atoms with E-state index in [2.05, 4.69) is 14.5 Å². The fourth-order valence-electron chi connectivity index (χ4n) is 2.82. The van der Waals surface area contributed by atoms with Crippen LogP contribution in [-0.4, -0.2) is 33.2 Å². The van der Waals surface area contributed by atoms with Crippen molar-refractivity contribution in [2.24, 2.45) is 0 Å². The van der Waals surface area contributed by atoms with Crippen LogP contribution in [0.4, 0.5) is 5.82 Å². The maximum atomic E-state index is 9.66. The van der Waals surface area contributed by atoms with Gasteiger partial charge in [-0.15, -0.1) is 0 Å². The summed E-state index contributed by atoms with van der Waals surface area (Å²) in [6.45, 7) is 3.81. The lowest BCUT2D eigenvalue weighted by Crippen LogP contribution is -2.22. The van der Waals surface area contributed by atoms with E-state index < -0.39 is 0 Å². The van der Waals surface area contributed by atoms with E-state index in [1.807, 2.05) is 56.7 Å².